The topological polar surface area (TPSA) is 36.9 Å². The third-order valence-electron chi connectivity index (χ3n) is 3.09. The van der Waals surface area contributed by atoms with E-state index < -0.39 is 18.1 Å². The van der Waals surface area contributed by atoms with E-state index in [2.05, 4.69) is 33.9 Å². The molecule has 20 heavy (non-hydrogen) atoms. The molecule has 0 saturated heterocycles. The monoisotopic (exact) mass is 321 g/mol. The fraction of sp³-hybridized carbons (Fsp3) is 1.00. The second kappa shape index (κ2) is 10.1. The summed E-state index contributed by atoms with van der Waals surface area (Å²) >= 11 is 0. The lowest BCUT2D eigenvalue weighted by atomic mass is 10.3. The fourth-order valence-electron chi connectivity index (χ4n) is 1.39. The van der Waals surface area contributed by atoms with Gasteiger partial charge in [-0.25, -0.2) is 0 Å². The first kappa shape index (κ1) is 20.3. The zero-order chi connectivity index (χ0) is 15.8. The summed E-state index contributed by atoms with van der Waals surface area (Å²) in [6.07, 6.45) is 2.99. The average Bonchev–Trinajstić information content (AvgIpc) is 2.36. The third kappa shape index (κ3) is 7.90. The fourth-order valence-corrected chi connectivity index (χ4v) is 6.12. The van der Waals surface area contributed by atoms with E-state index in [1.165, 1.54) is 0 Å². The van der Waals surface area contributed by atoms with Gasteiger partial charge in [0, 0.05) is 18.3 Å². The van der Waals surface area contributed by atoms with Gasteiger partial charge in [-0.2, -0.15) is 0 Å². The van der Waals surface area contributed by atoms with Crippen molar-refractivity contribution in [3.63, 3.8) is 0 Å². The minimum absolute atomic E-state index is 0.0797. The summed E-state index contributed by atoms with van der Waals surface area (Å²) in [5, 5.41) is 0. The molecule has 6 heteroatoms. The van der Waals surface area contributed by atoms with Crippen LogP contribution in [0.3, 0.4) is 0 Å². The van der Waals surface area contributed by atoms with Gasteiger partial charge in [-0.1, -0.05) is 20.8 Å². The van der Waals surface area contributed by atoms with E-state index in [1.54, 1.807) is 0 Å². The lowest BCUT2D eigenvalue weighted by molar-refractivity contribution is -0.0582. The van der Waals surface area contributed by atoms with Crippen molar-refractivity contribution >= 4 is 18.1 Å². The molecule has 0 spiro atoms. The molecule has 0 N–H and O–H groups in total. The van der Waals surface area contributed by atoms with Gasteiger partial charge >= 0.3 is 9.05 Å². The van der Waals surface area contributed by atoms with Gasteiger partial charge in [0.2, 0.25) is 0 Å². The molecule has 0 amide bonds. The molecular formula is C14H33O4Si2. The minimum atomic E-state index is -3.07. The molecule has 0 aliphatic carbocycles. The predicted octanol–water partition coefficient (Wildman–Crippen LogP) is 4.14. The number of rotatable bonds is 11. The van der Waals surface area contributed by atoms with Gasteiger partial charge < -0.3 is 17.4 Å². The van der Waals surface area contributed by atoms with Crippen LogP contribution in [0, 0.1) is 0 Å². The van der Waals surface area contributed by atoms with Crippen molar-refractivity contribution in [3.05, 3.63) is 0 Å². The molecule has 3 unspecified atom stereocenters. The number of hydrogen-bond donors (Lipinski definition) is 0. The van der Waals surface area contributed by atoms with Crippen molar-refractivity contribution in [1.29, 1.82) is 0 Å². The van der Waals surface area contributed by atoms with E-state index in [1.807, 2.05) is 20.8 Å². The normalized spacial score (nSPS) is 19.6. The molecule has 1 radical (unpaired) electrons. The van der Waals surface area contributed by atoms with Gasteiger partial charge in [0.15, 0.2) is 9.04 Å². The van der Waals surface area contributed by atoms with Gasteiger partial charge in [0.25, 0.3) is 0 Å². The van der Waals surface area contributed by atoms with Gasteiger partial charge in [-0.3, -0.25) is 0 Å². The molecule has 0 aromatic heterocycles. The Morgan fingerprint density at radius 1 is 0.750 bits per heavy atom. The third-order valence-corrected chi connectivity index (χ3v) is 7.80. The van der Waals surface area contributed by atoms with Crippen molar-refractivity contribution < 1.29 is 17.4 Å². The lowest BCUT2D eigenvalue weighted by Gasteiger charge is -2.35. The average molecular weight is 322 g/mol. The highest BCUT2D eigenvalue weighted by Gasteiger charge is 2.49. The lowest BCUT2D eigenvalue weighted by Crippen LogP contribution is -2.56. The first-order valence-corrected chi connectivity index (χ1v) is 11.8. The Hall–Kier alpha value is 0.274. The maximum Gasteiger partial charge on any atom is 0.669 e. The van der Waals surface area contributed by atoms with Crippen LogP contribution in [-0.2, 0) is 17.4 Å². The van der Waals surface area contributed by atoms with Crippen LogP contribution in [0.15, 0.2) is 0 Å². The van der Waals surface area contributed by atoms with Crippen LogP contribution in [0.4, 0.5) is 0 Å². The molecule has 0 aliphatic rings. The highest BCUT2D eigenvalue weighted by molar-refractivity contribution is 6.66. The van der Waals surface area contributed by atoms with Crippen molar-refractivity contribution in [2.45, 2.75) is 92.2 Å². The second-order valence-electron chi connectivity index (χ2n) is 5.52. The van der Waals surface area contributed by atoms with Gasteiger partial charge in [-0.05, 0) is 53.1 Å². The van der Waals surface area contributed by atoms with Crippen LogP contribution in [0.2, 0.25) is 13.1 Å². The van der Waals surface area contributed by atoms with Crippen molar-refractivity contribution in [3.8, 4) is 0 Å². The molecular weight excluding hydrogens is 288 g/mol. The first-order chi connectivity index (χ1) is 9.28. The maximum absolute atomic E-state index is 6.14. The molecule has 0 aliphatic heterocycles. The molecule has 3 atom stereocenters. The Labute approximate surface area is 128 Å². The first-order valence-electron chi connectivity index (χ1n) is 7.81. The largest absolute Gasteiger partial charge is 0.669 e. The van der Waals surface area contributed by atoms with Crippen LogP contribution in [0.1, 0.15) is 60.8 Å². The highest BCUT2D eigenvalue weighted by atomic mass is 28.4. The Morgan fingerprint density at radius 3 is 1.25 bits per heavy atom. The molecule has 0 saturated carbocycles. The van der Waals surface area contributed by atoms with Crippen LogP contribution < -0.4 is 0 Å². The molecule has 121 valence electrons. The molecule has 0 fully saturated rings. The minimum Gasteiger partial charge on any atom is -0.394 e. The Balaban J connectivity index is 5.14. The summed E-state index contributed by atoms with van der Waals surface area (Å²) in [4.78, 5) is 0. The van der Waals surface area contributed by atoms with Crippen molar-refractivity contribution in [1.82, 2.24) is 0 Å². The highest BCUT2D eigenvalue weighted by Crippen LogP contribution is 2.22. The van der Waals surface area contributed by atoms with E-state index in [0.29, 0.717) is 0 Å². The quantitative estimate of drug-likeness (QED) is 0.536. The van der Waals surface area contributed by atoms with Crippen molar-refractivity contribution in [2.24, 2.45) is 0 Å². The second-order valence-corrected chi connectivity index (χ2v) is 9.86. The predicted molar refractivity (Wildman–Crippen MR) is 86.8 cm³/mol. The molecule has 0 aromatic rings. The Morgan fingerprint density at radius 2 is 1.05 bits per heavy atom. The molecule has 0 rings (SSSR count). The van der Waals surface area contributed by atoms with E-state index in [-0.39, 0.29) is 18.3 Å². The van der Waals surface area contributed by atoms with Crippen molar-refractivity contribution in [2.75, 3.05) is 0 Å². The standard InChI is InChI=1S/C14H33O4Si2/c1-9-12(4)15-20(18-19(7)8,16-13(5)10-2)17-14(6)11-3/h12-14H,9-11H2,1-8H3. The summed E-state index contributed by atoms with van der Waals surface area (Å²) in [5.74, 6) is 0. The van der Waals surface area contributed by atoms with E-state index in [4.69, 9.17) is 17.4 Å². The van der Waals surface area contributed by atoms with Gasteiger partial charge in [0.1, 0.15) is 0 Å². The van der Waals surface area contributed by atoms with E-state index >= 15 is 0 Å². The van der Waals surface area contributed by atoms with E-state index in [9.17, 15) is 0 Å². The zero-order valence-corrected chi connectivity index (χ0v) is 16.5. The summed E-state index contributed by atoms with van der Waals surface area (Å²) < 4.78 is 24.6. The van der Waals surface area contributed by atoms with Crippen LogP contribution in [0.5, 0.6) is 0 Å². The number of hydrogen-bond acceptors (Lipinski definition) is 4. The van der Waals surface area contributed by atoms with E-state index in [0.717, 1.165) is 19.3 Å². The smallest absolute Gasteiger partial charge is 0.394 e. The maximum atomic E-state index is 6.14. The van der Waals surface area contributed by atoms with Crippen LogP contribution >= 0.6 is 0 Å². The summed E-state index contributed by atoms with van der Waals surface area (Å²) in [6.45, 7) is 16.6. The molecule has 0 heterocycles. The summed E-state index contributed by atoms with van der Waals surface area (Å²) in [5.41, 5.74) is 0. The van der Waals surface area contributed by atoms with Gasteiger partial charge in [-0.15, -0.1) is 0 Å². The Kier molecular flexibility index (Phi) is 10.2. The molecule has 4 nitrogen and oxygen atoms in total. The Bertz CT molecular complexity index is 220. The van der Waals surface area contributed by atoms with Crippen LogP contribution in [-0.4, -0.2) is 36.4 Å². The zero-order valence-electron chi connectivity index (χ0n) is 14.5. The van der Waals surface area contributed by atoms with Gasteiger partial charge in [0.05, 0.1) is 0 Å². The molecule has 0 aromatic carbocycles. The SMILES string of the molecule is CCC(C)O[Si](OC(C)CC)(OC(C)CC)O[Si](C)C. The summed E-state index contributed by atoms with van der Waals surface area (Å²) in [6, 6.07) is 0. The summed E-state index contributed by atoms with van der Waals surface area (Å²) in [7, 11) is -4.03. The molecule has 0 bridgehead atoms. The van der Waals surface area contributed by atoms with Crippen LogP contribution in [0.25, 0.3) is 0 Å².